The second-order valence-corrected chi connectivity index (χ2v) is 7.76. The molecule has 2 atom stereocenters. The van der Waals surface area contributed by atoms with Crippen molar-refractivity contribution in [3.05, 3.63) is 35.4 Å². The highest BCUT2D eigenvalue weighted by molar-refractivity contribution is 8.11. The molecule has 0 fully saturated rings. The van der Waals surface area contributed by atoms with Crippen LogP contribution >= 0.6 is 16.5 Å². The quantitative estimate of drug-likeness (QED) is 0.487. The molecule has 0 aromatic heterocycles. The predicted molar refractivity (Wildman–Crippen MR) is 76.2 cm³/mol. The molecule has 0 heterocycles. The fourth-order valence-corrected chi connectivity index (χ4v) is 3.37. The van der Waals surface area contributed by atoms with Crippen LogP contribution in [0.15, 0.2) is 24.3 Å². The average Bonchev–Trinajstić information content (AvgIpc) is 2.28. The summed E-state index contributed by atoms with van der Waals surface area (Å²) in [6.45, 7) is 4.55. The Hall–Kier alpha value is 0.0800. The Balaban J connectivity index is 2.35. The molecule has 0 spiro atoms. The van der Waals surface area contributed by atoms with Gasteiger partial charge in [-0.3, -0.25) is 0 Å². The third-order valence-corrected chi connectivity index (χ3v) is 5.22. The first kappa shape index (κ1) is 13.1. The standard InChI is InChI=1S/C13H22P2/c1-3-4-5-12-6-8-13(9-7-12)10-11-15-14-2/h6-9,14-15H,3-5,10-11H2,1-2H3. The molecule has 0 saturated carbocycles. The molecule has 0 N–H and O–H groups in total. The van der Waals surface area contributed by atoms with Crippen LogP contribution in [0.1, 0.15) is 30.9 Å². The van der Waals surface area contributed by atoms with E-state index >= 15 is 0 Å². The molecular weight excluding hydrogens is 218 g/mol. The van der Waals surface area contributed by atoms with E-state index in [2.05, 4.69) is 37.9 Å². The second kappa shape index (κ2) is 8.26. The largest absolute Gasteiger partial charge is 0.102 e. The van der Waals surface area contributed by atoms with Gasteiger partial charge in [-0.15, -0.1) is 8.27 Å². The van der Waals surface area contributed by atoms with Gasteiger partial charge in [-0.2, -0.15) is 0 Å². The van der Waals surface area contributed by atoms with Crippen molar-refractivity contribution in [3.63, 3.8) is 0 Å². The number of aryl methyl sites for hydroxylation is 2. The highest BCUT2D eigenvalue weighted by atomic mass is 32.0. The van der Waals surface area contributed by atoms with Crippen molar-refractivity contribution in [2.45, 2.75) is 32.6 Å². The van der Waals surface area contributed by atoms with Crippen molar-refractivity contribution in [2.24, 2.45) is 0 Å². The first-order chi connectivity index (χ1) is 7.36. The van der Waals surface area contributed by atoms with E-state index in [-0.39, 0.29) is 0 Å². The summed E-state index contributed by atoms with van der Waals surface area (Å²) in [7, 11) is 2.30. The smallest absolute Gasteiger partial charge is 0.0239 e. The maximum Gasteiger partial charge on any atom is -0.0239 e. The molecule has 2 heteroatoms. The number of unbranched alkanes of at least 4 members (excludes halogenated alkanes) is 1. The molecule has 15 heavy (non-hydrogen) atoms. The third kappa shape index (κ3) is 5.64. The van der Waals surface area contributed by atoms with Crippen molar-refractivity contribution in [1.29, 1.82) is 0 Å². The summed E-state index contributed by atoms with van der Waals surface area (Å²) in [5.74, 6) is 0. The van der Waals surface area contributed by atoms with E-state index in [1.165, 1.54) is 51.2 Å². The van der Waals surface area contributed by atoms with Gasteiger partial charge in [0.1, 0.15) is 0 Å². The fourth-order valence-electron chi connectivity index (χ4n) is 1.59. The maximum absolute atomic E-state index is 2.31. The Morgan fingerprint density at radius 2 is 1.60 bits per heavy atom. The van der Waals surface area contributed by atoms with Crippen LogP contribution in [0.25, 0.3) is 0 Å². The zero-order valence-electron chi connectivity index (χ0n) is 9.84. The number of hydrogen-bond acceptors (Lipinski definition) is 0. The van der Waals surface area contributed by atoms with Crippen LogP contribution in [-0.2, 0) is 12.8 Å². The van der Waals surface area contributed by atoms with Gasteiger partial charge in [-0.05, 0) is 43.2 Å². The molecule has 0 amide bonds. The van der Waals surface area contributed by atoms with Crippen molar-refractivity contribution in [1.82, 2.24) is 0 Å². The van der Waals surface area contributed by atoms with Gasteiger partial charge in [0.05, 0.1) is 0 Å². The van der Waals surface area contributed by atoms with Gasteiger partial charge < -0.3 is 0 Å². The highest BCUT2D eigenvalue weighted by Gasteiger charge is 1.94. The highest BCUT2D eigenvalue weighted by Crippen LogP contribution is 2.33. The minimum atomic E-state index is 1.13. The molecule has 0 aliphatic carbocycles. The van der Waals surface area contributed by atoms with Gasteiger partial charge in [-0.25, -0.2) is 0 Å². The lowest BCUT2D eigenvalue weighted by atomic mass is 10.1. The Morgan fingerprint density at radius 3 is 2.13 bits per heavy atom. The minimum Gasteiger partial charge on any atom is -0.102 e. The van der Waals surface area contributed by atoms with Crippen LogP contribution < -0.4 is 0 Å². The lowest BCUT2D eigenvalue weighted by molar-refractivity contribution is 0.794. The van der Waals surface area contributed by atoms with Crippen LogP contribution in [0.3, 0.4) is 0 Å². The summed E-state index contributed by atoms with van der Waals surface area (Å²) < 4.78 is 0. The molecule has 1 aromatic rings. The zero-order valence-corrected chi connectivity index (χ0v) is 11.8. The SMILES string of the molecule is CCCCc1ccc(CCPPC)cc1. The summed E-state index contributed by atoms with van der Waals surface area (Å²) in [6.07, 6.45) is 6.50. The summed E-state index contributed by atoms with van der Waals surface area (Å²) in [4.78, 5) is 0. The summed E-state index contributed by atoms with van der Waals surface area (Å²) in [6, 6.07) is 9.24. The van der Waals surface area contributed by atoms with Gasteiger partial charge in [0, 0.05) is 0 Å². The normalized spacial score (nSPS) is 12.1. The van der Waals surface area contributed by atoms with Crippen molar-refractivity contribution in [3.8, 4) is 0 Å². The molecule has 0 bridgehead atoms. The Morgan fingerprint density at radius 1 is 1.00 bits per heavy atom. The second-order valence-electron chi connectivity index (χ2n) is 3.85. The summed E-state index contributed by atoms with van der Waals surface area (Å²) in [5, 5.41) is 0. The molecule has 1 aromatic carbocycles. The lowest BCUT2D eigenvalue weighted by Crippen LogP contribution is -1.89. The Labute approximate surface area is 97.7 Å². The molecule has 0 aliphatic rings. The van der Waals surface area contributed by atoms with Gasteiger partial charge in [-0.1, -0.05) is 45.9 Å². The monoisotopic (exact) mass is 240 g/mol. The Bertz CT molecular complexity index is 254. The number of hydrogen-bond donors (Lipinski definition) is 0. The molecule has 1 rings (SSSR count). The first-order valence-electron chi connectivity index (χ1n) is 5.84. The molecule has 2 unspecified atom stereocenters. The molecule has 0 nitrogen and oxygen atoms in total. The van der Waals surface area contributed by atoms with E-state index in [1.807, 2.05) is 0 Å². The van der Waals surface area contributed by atoms with E-state index in [4.69, 9.17) is 0 Å². The first-order valence-corrected chi connectivity index (χ1v) is 9.55. The van der Waals surface area contributed by atoms with Crippen molar-refractivity contribution >= 4 is 16.5 Å². The Kier molecular flexibility index (Phi) is 7.24. The number of rotatable bonds is 7. The van der Waals surface area contributed by atoms with Crippen molar-refractivity contribution in [2.75, 3.05) is 12.8 Å². The third-order valence-electron chi connectivity index (χ3n) is 2.56. The molecule has 0 radical (unpaired) electrons. The lowest BCUT2D eigenvalue weighted by Gasteiger charge is -2.03. The predicted octanol–water partition coefficient (Wildman–Crippen LogP) is 4.47. The van der Waals surface area contributed by atoms with E-state index in [1.54, 1.807) is 0 Å². The van der Waals surface area contributed by atoms with Crippen LogP contribution in [0, 0.1) is 0 Å². The number of benzene rings is 1. The fraction of sp³-hybridized carbons (Fsp3) is 0.538. The van der Waals surface area contributed by atoms with Crippen LogP contribution in [0.5, 0.6) is 0 Å². The minimum absolute atomic E-state index is 1.13. The van der Waals surface area contributed by atoms with Crippen LogP contribution in [-0.4, -0.2) is 12.8 Å². The molecule has 0 aliphatic heterocycles. The van der Waals surface area contributed by atoms with E-state index in [0.717, 1.165) is 8.27 Å². The van der Waals surface area contributed by atoms with Crippen molar-refractivity contribution < 1.29 is 0 Å². The molecular formula is C13H22P2. The topological polar surface area (TPSA) is 0 Å². The molecule has 84 valence electrons. The molecule has 0 saturated heterocycles. The van der Waals surface area contributed by atoms with Crippen LogP contribution in [0.4, 0.5) is 0 Å². The van der Waals surface area contributed by atoms with E-state index in [9.17, 15) is 0 Å². The van der Waals surface area contributed by atoms with Gasteiger partial charge in [0.2, 0.25) is 0 Å². The van der Waals surface area contributed by atoms with Gasteiger partial charge in [0.15, 0.2) is 0 Å². The average molecular weight is 240 g/mol. The van der Waals surface area contributed by atoms with Crippen LogP contribution in [0.2, 0.25) is 0 Å². The van der Waals surface area contributed by atoms with Gasteiger partial charge in [0.25, 0.3) is 0 Å². The van der Waals surface area contributed by atoms with E-state index in [0.29, 0.717) is 0 Å². The van der Waals surface area contributed by atoms with E-state index < -0.39 is 0 Å². The summed E-state index contributed by atoms with van der Waals surface area (Å²) in [5.41, 5.74) is 3.02. The summed E-state index contributed by atoms with van der Waals surface area (Å²) >= 11 is 0. The zero-order chi connectivity index (χ0) is 10.9. The maximum atomic E-state index is 2.31. The van der Waals surface area contributed by atoms with Gasteiger partial charge >= 0.3 is 0 Å².